The van der Waals surface area contributed by atoms with E-state index < -0.39 is 0 Å². The summed E-state index contributed by atoms with van der Waals surface area (Å²) in [5, 5.41) is 5.66. The number of carbonyl (C=O) groups is 2. The van der Waals surface area contributed by atoms with E-state index in [0.717, 1.165) is 32.4 Å². The van der Waals surface area contributed by atoms with Crippen molar-refractivity contribution in [1.29, 1.82) is 0 Å². The summed E-state index contributed by atoms with van der Waals surface area (Å²) >= 11 is 0. The van der Waals surface area contributed by atoms with E-state index in [1.807, 2.05) is 14.1 Å². The summed E-state index contributed by atoms with van der Waals surface area (Å²) in [5.74, 6) is -0.475. The first kappa shape index (κ1) is 18.4. The minimum absolute atomic E-state index is 0.0807. The molecule has 1 aliphatic rings. The molecule has 7 nitrogen and oxygen atoms in total. The monoisotopic (exact) mass is 334 g/mol. The summed E-state index contributed by atoms with van der Waals surface area (Å²) in [7, 11) is 3.98. The first-order chi connectivity index (χ1) is 11.6. The third kappa shape index (κ3) is 5.90. The predicted octanol–water partition coefficient (Wildman–Crippen LogP) is 0.672. The zero-order valence-electron chi connectivity index (χ0n) is 14.4. The highest BCUT2D eigenvalue weighted by Crippen LogP contribution is 2.11. The molecule has 7 heteroatoms. The van der Waals surface area contributed by atoms with Crippen molar-refractivity contribution < 1.29 is 14.3 Å². The summed E-state index contributed by atoms with van der Waals surface area (Å²) in [6, 6.07) is 3.13. The Kier molecular flexibility index (Phi) is 7.14. The molecule has 2 rings (SSSR count). The molecule has 1 aromatic heterocycles. The molecule has 0 saturated carbocycles. The van der Waals surface area contributed by atoms with E-state index in [-0.39, 0.29) is 23.6 Å². The van der Waals surface area contributed by atoms with Gasteiger partial charge >= 0.3 is 0 Å². The second-order valence-corrected chi connectivity index (χ2v) is 6.19. The Morgan fingerprint density at radius 3 is 2.88 bits per heavy atom. The van der Waals surface area contributed by atoms with Gasteiger partial charge in [0.25, 0.3) is 11.8 Å². The van der Waals surface area contributed by atoms with Gasteiger partial charge in [-0.2, -0.15) is 0 Å². The number of amides is 2. The standard InChI is InChI=1S/C17H26N4O3/c1-21(2)9-4-7-19-16(22)13-6-8-18-15(11-13)17(23)20-12-14-5-3-10-24-14/h6,8,11,14H,3-5,7,9-10,12H2,1-2H3,(H,19,22)(H,20,23). The number of rotatable bonds is 8. The predicted molar refractivity (Wildman–Crippen MR) is 91.0 cm³/mol. The van der Waals surface area contributed by atoms with Crippen LogP contribution in [0.1, 0.15) is 40.1 Å². The molecular formula is C17H26N4O3. The van der Waals surface area contributed by atoms with Crippen LogP contribution in [-0.4, -0.2) is 68.1 Å². The third-order valence-corrected chi connectivity index (χ3v) is 3.84. The molecule has 0 spiro atoms. The largest absolute Gasteiger partial charge is 0.376 e. The summed E-state index contributed by atoms with van der Waals surface area (Å²) < 4.78 is 5.47. The Morgan fingerprint density at radius 1 is 1.33 bits per heavy atom. The summed E-state index contributed by atoms with van der Waals surface area (Å²) in [4.78, 5) is 30.4. The molecule has 24 heavy (non-hydrogen) atoms. The van der Waals surface area contributed by atoms with Crippen LogP contribution in [-0.2, 0) is 4.74 Å². The first-order valence-electron chi connectivity index (χ1n) is 8.35. The summed E-state index contributed by atoms with van der Waals surface area (Å²) in [6.07, 6.45) is 4.43. The highest BCUT2D eigenvalue weighted by atomic mass is 16.5. The third-order valence-electron chi connectivity index (χ3n) is 3.84. The lowest BCUT2D eigenvalue weighted by atomic mass is 10.2. The van der Waals surface area contributed by atoms with Gasteiger partial charge in [0.2, 0.25) is 0 Å². The number of hydrogen-bond donors (Lipinski definition) is 2. The highest BCUT2D eigenvalue weighted by Gasteiger charge is 2.17. The van der Waals surface area contributed by atoms with Crippen molar-refractivity contribution in [3.05, 3.63) is 29.6 Å². The molecule has 1 aromatic rings. The summed E-state index contributed by atoms with van der Waals surface area (Å²) in [5.41, 5.74) is 0.686. The minimum atomic E-state index is -0.284. The molecule has 0 aliphatic carbocycles. The molecule has 1 atom stereocenters. The molecule has 2 heterocycles. The van der Waals surface area contributed by atoms with Gasteiger partial charge in [-0.3, -0.25) is 14.6 Å². The molecule has 1 aliphatic heterocycles. The fourth-order valence-electron chi connectivity index (χ4n) is 2.50. The maximum Gasteiger partial charge on any atom is 0.269 e. The Morgan fingerprint density at radius 2 is 2.17 bits per heavy atom. The second kappa shape index (κ2) is 9.34. The van der Waals surface area contributed by atoms with E-state index in [1.165, 1.54) is 12.3 Å². The van der Waals surface area contributed by atoms with Gasteiger partial charge in [0, 0.05) is 31.5 Å². The number of pyridine rings is 1. The molecular weight excluding hydrogens is 308 g/mol. The van der Waals surface area contributed by atoms with Crippen LogP contribution in [0.5, 0.6) is 0 Å². The molecule has 2 amide bonds. The van der Waals surface area contributed by atoms with Crippen LogP contribution in [0.15, 0.2) is 18.3 Å². The Hall–Kier alpha value is -1.99. The molecule has 0 bridgehead atoms. The average Bonchev–Trinajstić information content (AvgIpc) is 3.10. The SMILES string of the molecule is CN(C)CCCNC(=O)c1ccnc(C(=O)NCC2CCCO2)c1. The van der Waals surface area contributed by atoms with Gasteiger partial charge in [-0.15, -0.1) is 0 Å². The average molecular weight is 334 g/mol. The van der Waals surface area contributed by atoms with Crippen molar-refractivity contribution in [2.75, 3.05) is 40.3 Å². The number of nitrogens with one attached hydrogen (secondary N) is 2. The molecule has 0 radical (unpaired) electrons. The number of carbonyl (C=O) groups excluding carboxylic acids is 2. The Labute approximate surface area is 142 Å². The van der Waals surface area contributed by atoms with Crippen LogP contribution in [0.25, 0.3) is 0 Å². The van der Waals surface area contributed by atoms with Gasteiger partial charge in [-0.05, 0) is 52.0 Å². The fraction of sp³-hybridized carbons (Fsp3) is 0.588. The van der Waals surface area contributed by atoms with Crippen LogP contribution in [0.3, 0.4) is 0 Å². The normalized spacial score (nSPS) is 17.0. The van der Waals surface area contributed by atoms with Crippen LogP contribution in [0.2, 0.25) is 0 Å². The maximum absolute atomic E-state index is 12.1. The molecule has 1 saturated heterocycles. The topological polar surface area (TPSA) is 83.6 Å². The lowest BCUT2D eigenvalue weighted by Crippen LogP contribution is -2.32. The molecule has 1 unspecified atom stereocenters. The van der Waals surface area contributed by atoms with E-state index >= 15 is 0 Å². The second-order valence-electron chi connectivity index (χ2n) is 6.19. The molecule has 0 aromatic carbocycles. The number of ether oxygens (including phenoxy) is 1. The van der Waals surface area contributed by atoms with E-state index in [9.17, 15) is 9.59 Å². The highest BCUT2D eigenvalue weighted by molar-refractivity contribution is 5.98. The van der Waals surface area contributed by atoms with Gasteiger partial charge in [0.1, 0.15) is 5.69 Å². The zero-order valence-corrected chi connectivity index (χ0v) is 14.4. The number of hydrogen-bond acceptors (Lipinski definition) is 5. The van der Waals surface area contributed by atoms with Crippen LogP contribution < -0.4 is 10.6 Å². The molecule has 132 valence electrons. The van der Waals surface area contributed by atoms with Gasteiger partial charge < -0.3 is 20.3 Å². The van der Waals surface area contributed by atoms with Crippen molar-refractivity contribution >= 4 is 11.8 Å². The van der Waals surface area contributed by atoms with Gasteiger partial charge in [0.15, 0.2) is 0 Å². The molecule has 1 fully saturated rings. The zero-order chi connectivity index (χ0) is 17.4. The Bertz CT molecular complexity index is 557. The maximum atomic E-state index is 12.1. The smallest absolute Gasteiger partial charge is 0.269 e. The van der Waals surface area contributed by atoms with Gasteiger partial charge in [0.05, 0.1) is 6.10 Å². The van der Waals surface area contributed by atoms with Crippen molar-refractivity contribution in [3.63, 3.8) is 0 Å². The Balaban J connectivity index is 1.83. The van der Waals surface area contributed by atoms with E-state index in [1.54, 1.807) is 6.07 Å². The van der Waals surface area contributed by atoms with Crippen molar-refractivity contribution in [2.45, 2.75) is 25.4 Å². The first-order valence-corrected chi connectivity index (χ1v) is 8.35. The lowest BCUT2D eigenvalue weighted by Gasteiger charge is -2.11. The van der Waals surface area contributed by atoms with Gasteiger partial charge in [-0.1, -0.05) is 0 Å². The van der Waals surface area contributed by atoms with Crippen LogP contribution in [0.4, 0.5) is 0 Å². The van der Waals surface area contributed by atoms with E-state index in [0.29, 0.717) is 18.7 Å². The fourth-order valence-corrected chi connectivity index (χ4v) is 2.50. The van der Waals surface area contributed by atoms with E-state index in [4.69, 9.17) is 4.74 Å². The minimum Gasteiger partial charge on any atom is -0.376 e. The van der Waals surface area contributed by atoms with Gasteiger partial charge in [-0.25, -0.2) is 0 Å². The van der Waals surface area contributed by atoms with Crippen molar-refractivity contribution in [1.82, 2.24) is 20.5 Å². The van der Waals surface area contributed by atoms with Crippen LogP contribution >= 0.6 is 0 Å². The quantitative estimate of drug-likeness (QED) is 0.683. The lowest BCUT2D eigenvalue weighted by molar-refractivity contribution is 0.0853. The number of aromatic nitrogens is 1. The van der Waals surface area contributed by atoms with Crippen molar-refractivity contribution in [3.8, 4) is 0 Å². The van der Waals surface area contributed by atoms with Crippen molar-refractivity contribution in [2.24, 2.45) is 0 Å². The number of nitrogens with zero attached hydrogens (tertiary/aromatic N) is 2. The summed E-state index contributed by atoms with van der Waals surface area (Å²) in [6.45, 7) is 2.73. The molecule has 2 N–H and O–H groups in total. The van der Waals surface area contributed by atoms with Crippen LogP contribution in [0, 0.1) is 0 Å². The van der Waals surface area contributed by atoms with E-state index in [2.05, 4.69) is 20.5 Å².